The second-order valence-electron chi connectivity index (χ2n) is 4.17. The molecule has 0 amide bonds. The molecule has 0 saturated carbocycles. The van der Waals surface area contributed by atoms with Crippen LogP contribution >= 0.6 is 0 Å². The quantitative estimate of drug-likeness (QED) is 0.564. The Morgan fingerprint density at radius 1 is 1.16 bits per heavy atom. The van der Waals surface area contributed by atoms with Gasteiger partial charge in [-0.1, -0.05) is 0 Å². The van der Waals surface area contributed by atoms with Crippen LogP contribution in [0.4, 0.5) is 10.1 Å². The molecule has 0 saturated heterocycles. The van der Waals surface area contributed by atoms with Crippen molar-refractivity contribution in [2.75, 3.05) is 5.73 Å². The molecule has 2 aromatic heterocycles. The Balaban J connectivity index is 2.11. The van der Waals surface area contributed by atoms with Gasteiger partial charge in [-0.3, -0.25) is 9.20 Å². The summed E-state index contributed by atoms with van der Waals surface area (Å²) in [5, 5.41) is 0. The van der Waals surface area contributed by atoms with Crippen LogP contribution in [0.15, 0.2) is 48.8 Å². The number of benzene rings is 1. The van der Waals surface area contributed by atoms with Crippen LogP contribution in [0.5, 0.6) is 0 Å². The summed E-state index contributed by atoms with van der Waals surface area (Å²) in [6, 6.07) is 9.40. The number of nitrogens with two attached hydrogens (primary N) is 1. The summed E-state index contributed by atoms with van der Waals surface area (Å²) in [5.74, 6) is -0.644. The molecule has 3 aromatic rings. The van der Waals surface area contributed by atoms with E-state index in [4.69, 9.17) is 5.73 Å². The first-order valence-electron chi connectivity index (χ1n) is 5.68. The predicted molar refractivity (Wildman–Crippen MR) is 69.4 cm³/mol. The lowest BCUT2D eigenvalue weighted by Gasteiger charge is -2.02. The van der Waals surface area contributed by atoms with Crippen LogP contribution in [-0.4, -0.2) is 15.2 Å². The number of imidazole rings is 1. The molecule has 0 aliphatic heterocycles. The van der Waals surface area contributed by atoms with Crippen molar-refractivity contribution in [3.63, 3.8) is 0 Å². The zero-order valence-corrected chi connectivity index (χ0v) is 9.88. The minimum atomic E-state index is -0.420. The lowest BCUT2D eigenvalue weighted by atomic mass is 10.1. The molecule has 5 heteroatoms. The van der Waals surface area contributed by atoms with Gasteiger partial charge in [0.1, 0.15) is 17.2 Å². The van der Waals surface area contributed by atoms with Crippen molar-refractivity contribution in [1.82, 2.24) is 9.38 Å². The summed E-state index contributed by atoms with van der Waals surface area (Å²) >= 11 is 0. The Kier molecular flexibility index (Phi) is 2.52. The number of nitrogen functional groups attached to an aromatic ring is 1. The number of ketones is 1. The highest BCUT2D eigenvalue weighted by molar-refractivity contribution is 6.08. The van der Waals surface area contributed by atoms with Gasteiger partial charge in [-0.05, 0) is 36.4 Å². The molecule has 0 atom stereocenters. The molecule has 0 fully saturated rings. The molecule has 94 valence electrons. The lowest BCUT2D eigenvalue weighted by molar-refractivity contribution is 0.103. The third kappa shape index (κ3) is 1.95. The maximum Gasteiger partial charge on any atom is 0.211 e. The molecule has 2 N–H and O–H groups in total. The molecule has 4 nitrogen and oxygen atoms in total. The van der Waals surface area contributed by atoms with Gasteiger partial charge in [-0.15, -0.1) is 0 Å². The van der Waals surface area contributed by atoms with Gasteiger partial charge >= 0.3 is 0 Å². The number of hydrogen-bond acceptors (Lipinski definition) is 3. The maximum atomic E-state index is 13.2. The van der Waals surface area contributed by atoms with Gasteiger partial charge in [-0.25, -0.2) is 9.37 Å². The van der Waals surface area contributed by atoms with Gasteiger partial charge in [0.25, 0.3) is 0 Å². The highest BCUT2D eigenvalue weighted by Crippen LogP contribution is 2.14. The number of carbonyl (C=O) groups is 1. The van der Waals surface area contributed by atoms with Crippen molar-refractivity contribution in [2.45, 2.75) is 0 Å². The molecule has 2 heterocycles. The topological polar surface area (TPSA) is 60.4 Å². The average molecular weight is 255 g/mol. The number of hydrogen-bond donors (Lipinski definition) is 1. The fourth-order valence-electron chi connectivity index (χ4n) is 1.91. The van der Waals surface area contributed by atoms with Gasteiger partial charge in [0.05, 0.1) is 6.20 Å². The minimum absolute atomic E-state index is 0.224. The Labute approximate surface area is 108 Å². The van der Waals surface area contributed by atoms with Crippen molar-refractivity contribution in [3.05, 3.63) is 65.9 Å². The van der Waals surface area contributed by atoms with Gasteiger partial charge in [-0.2, -0.15) is 0 Å². The average Bonchev–Trinajstić information content (AvgIpc) is 2.81. The first-order chi connectivity index (χ1) is 9.15. The largest absolute Gasteiger partial charge is 0.399 e. The van der Waals surface area contributed by atoms with Crippen molar-refractivity contribution in [1.29, 1.82) is 0 Å². The Morgan fingerprint density at radius 3 is 2.63 bits per heavy atom. The molecule has 0 bridgehead atoms. The molecule has 0 spiro atoms. The van der Waals surface area contributed by atoms with Crippen LogP contribution < -0.4 is 5.73 Å². The SMILES string of the molecule is Nc1ccc(C(=O)c2cnc3ccc(F)cn23)cc1. The van der Waals surface area contributed by atoms with Crippen molar-refractivity contribution < 1.29 is 9.18 Å². The van der Waals surface area contributed by atoms with E-state index in [9.17, 15) is 9.18 Å². The predicted octanol–water partition coefficient (Wildman–Crippen LogP) is 2.29. The number of fused-ring (bicyclic) bond motifs is 1. The van der Waals surface area contributed by atoms with E-state index in [1.165, 1.54) is 28.9 Å². The molecule has 3 rings (SSSR count). The van der Waals surface area contributed by atoms with E-state index in [0.717, 1.165) is 0 Å². The van der Waals surface area contributed by atoms with Crippen molar-refractivity contribution >= 4 is 17.1 Å². The number of pyridine rings is 1. The first-order valence-corrected chi connectivity index (χ1v) is 5.68. The number of nitrogens with zero attached hydrogens (tertiary/aromatic N) is 2. The fourth-order valence-corrected chi connectivity index (χ4v) is 1.91. The molecule has 0 aliphatic rings. The number of anilines is 1. The molecular formula is C14H10FN3O. The summed E-state index contributed by atoms with van der Waals surface area (Å²) in [4.78, 5) is 16.4. The van der Waals surface area contributed by atoms with Crippen LogP contribution in [-0.2, 0) is 0 Å². The molecule has 0 radical (unpaired) electrons. The lowest BCUT2D eigenvalue weighted by Crippen LogP contribution is -2.05. The van der Waals surface area contributed by atoms with Crippen LogP contribution in [0.25, 0.3) is 5.65 Å². The third-order valence-corrected chi connectivity index (χ3v) is 2.88. The van der Waals surface area contributed by atoms with Crippen LogP contribution in [0.1, 0.15) is 16.1 Å². The Hall–Kier alpha value is -2.69. The van der Waals surface area contributed by atoms with Gasteiger partial charge in [0.2, 0.25) is 5.78 Å². The first kappa shape index (κ1) is 11.4. The minimum Gasteiger partial charge on any atom is -0.399 e. The fraction of sp³-hybridized carbons (Fsp3) is 0. The number of aromatic nitrogens is 2. The monoisotopic (exact) mass is 255 g/mol. The van der Waals surface area contributed by atoms with E-state index >= 15 is 0 Å². The molecule has 0 unspecified atom stereocenters. The van der Waals surface area contributed by atoms with Crippen LogP contribution in [0.3, 0.4) is 0 Å². The number of carbonyl (C=O) groups excluding carboxylic acids is 1. The van der Waals surface area contributed by atoms with Crippen LogP contribution in [0.2, 0.25) is 0 Å². The smallest absolute Gasteiger partial charge is 0.211 e. The van der Waals surface area contributed by atoms with E-state index in [2.05, 4.69) is 4.98 Å². The highest BCUT2D eigenvalue weighted by Gasteiger charge is 2.14. The van der Waals surface area contributed by atoms with E-state index in [1.807, 2.05) is 0 Å². The van der Waals surface area contributed by atoms with Crippen LogP contribution in [0, 0.1) is 5.82 Å². The normalized spacial score (nSPS) is 10.8. The van der Waals surface area contributed by atoms with E-state index in [1.54, 1.807) is 24.3 Å². The van der Waals surface area contributed by atoms with Gasteiger partial charge < -0.3 is 5.73 Å². The van der Waals surface area contributed by atoms with Crippen molar-refractivity contribution in [3.8, 4) is 0 Å². The standard InChI is InChI=1S/C14H10FN3O/c15-10-3-6-13-17-7-12(18(13)8-10)14(19)9-1-4-11(16)5-2-9/h1-8H,16H2. The second-order valence-corrected chi connectivity index (χ2v) is 4.17. The van der Waals surface area contributed by atoms with E-state index < -0.39 is 5.82 Å². The number of rotatable bonds is 2. The van der Waals surface area contributed by atoms with Gasteiger partial charge in [0.15, 0.2) is 0 Å². The Morgan fingerprint density at radius 2 is 1.89 bits per heavy atom. The summed E-state index contributed by atoms with van der Waals surface area (Å²) in [6.07, 6.45) is 2.68. The summed E-state index contributed by atoms with van der Waals surface area (Å²) < 4.78 is 14.7. The van der Waals surface area contributed by atoms with Crippen molar-refractivity contribution in [2.24, 2.45) is 0 Å². The summed E-state index contributed by atoms with van der Waals surface area (Å²) in [6.45, 7) is 0. The third-order valence-electron chi connectivity index (χ3n) is 2.88. The Bertz CT molecular complexity index is 762. The van der Waals surface area contributed by atoms with Gasteiger partial charge in [0, 0.05) is 17.4 Å². The molecule has 19 heavy (non-hydrogen) atoms. The molecule has 1 aromatic carbocycles. The molecular weight excluding hydrogens is 245 g/mol. The maximum absolute atomic E-state index is 13.2. The van der Waals surface area contributed by atoms with E-state index in [0.29, 0.717) is 22.6 Å². The van der Waals surface area contributed by atoms with E-state index in [-0.39, 0.29) is 5.78 Å². The second kappa shape index (κ2) is 4.20. The zero-order valence-electron chi connectivity index (χ0n) is 9.88. The summed E-state index contributed by atoms with van der Waals surface area (Å²) in [7, 11) is 0. The zero-order chi connectivity index (χ0) is 13.4. The molecule has 0 aliphatic carbocycles. The summed E-state index contributed by atoms with van der Waals surface area (Å²) in [5.41, 5.74) is 7.49. The highest BCUT2D eigenvalue weighted by atomic mass is 19.1. The number of halogens is 1.